The number of hydrogen-bond acceptors (Lipinski definition) is 5. The molecule has 0 aliphatic heterocycles. The normalized spacial score (nSPS) is 11.7. The van der Waals surface area contributed by atoms with E-state index in [4.69, 9.17) is 4.74 Å². The minimum atomic E-state index is -0.692. The third-order valence-corrected chi connectivity index (χ3v) is 3.39. The van der Waals surface area contributed by atoms with Crippen molar-refractivity contribution in [2.45, 2.75) is 32.9 Å². The molecule has 5 heteroatoms. The molecule has 2 aromatic rings. The van der Waals surface area contributed by atoms with Crippen LogP contribution in [0.2, 0.25) is 0 Å². The summed E-state index contributed by atoms with van der Waals surface area (Å²) < 4.78 is 5.37. The van der Waals surface area contributed by atoms with Crippen molar-refractivity contribution in [1.82, 2.24) is 5.32 Å². The van der Waals surface area contributed by atoms with Crippen LogP contribution < -0.4 is 5.32 Å². The lowest BCUT2D eigenvalue weighted by molar-refractivity contribution is -0.150. The predicted octanol–water partition coefficient (Wildman–Crippen LogP) is 3.59. The van der Waals surface area contributed by atoms with E-state index in [0.29, 0.717) is 6.54 Å². The second-order valence-corrected chi connectivity index (χ2v) is 6.78. The molecule has 5 nitrogen and oxygen atoms in total. The summed E-state index contributed by atoms with van der Waals surface area (Å²) in [4.78, 5) is 24.9. The van der Waals surface area contributed by atoms with Gasteiger partial charge in [-0.2, -0.15) is 0 Å². The molecule has 0 aliphatic rings. The average molecular weight is 353 g/mol. The lowest BCUT2D eigenvalue weighted by Gasteiger charge is -2.21. The number of para-hydroxylation sites is 1. The van der Waals surface area contributed by atoms with Crippen LogP contribution in [0.25, 0.3) is 0 Å². The summed E-state index contributed by atoms with van der Waals surface area (Å²) >= 11 is 0. The number of hydrogen-bond donors (Lipinski definition) is 2. The Morgan fingerprint density at radius 3 is 2.27 bits per heavy atom. The molecule has 26 heavy (non-hydrogen) atoms. The molecule has 0 saturated heterocycles. The Bertz CT molecular complexity index is 804. The average Bonchev–Trinajstić information content (AvgIpc) is 2.58. The lowest BCUT2D eigenvalue weighted by Crippen LogP contribution is -2.30. The molecule has 0 radical (unpaired) electrons. The maximum absolute atomic E-state index is 12.5. The zero-order valence-electron chi connectivity index (χ0n) is 15.2. The molecule has 0 atom stereocenters. The molecule has 0 unspecified atom stereocenters. The summed E-state index contributed by atoms with van der Waals surface area (Å²) in [6, 6.07) is 15.7. The Balaban J connectivity index is 2.25. The Labute approximate surface area is 153 Å². The molecule has 2 rings (SSSR count). The molecule has 0 aliphatic carbocycles. The minimum absolute atomic E-state index is 0.0389. The Hall–Kier alpha value is -3.08. The van der Waals surface area contributed by atoms with Crippen molar-refractivity contribution >= 4 is 11.8 Å². The maximum Gasteiger partial charge on any atom is 0.355 e. The van der Waals surface area contributed by atoms with Crippen molar-refractivity contribution in [3.05, 3.63) is 77.5 Å². The van der Waals surface area contributed by atoms with Crippen molar-refractivity contribution in [1.29, 1.82) is 0 Å². The predicted molar refractivity (Wildman–Crippen MR) is 99.6 cm³/mol. The number of ether oxygens (including phenoxy) is 1. The fourth-order valence-corrected chi connectivity index (χ4v) is 2.20. The Kier molecular flexibility index (Phi) is 6.17. The van der Waals surface area contributed by atoms with Gasteiger partial charge in [0.1, 0.15) is 17.0 Å². The number of phenols is 1. The van der Waals surface area contributed by atoms with Gasteiger partial charge in [0.05, 0.1) is 5.56 Å². The Morgan fingerprint density at radius 2 is 1.65 bits per heavy atom. The summed E-state index contributed by atoms with van der Waals surface area (Å²) in [5.74, 6) is -1.25. The molecular weight excluding hydrogens is 330 g/mol. The number of aromatic hydroxyl groups is 1. The number of benzene rings is 2. The van der Waals surface area contributed by atoms with Crippen LogP contribution in [0.1, 0.15) is 36.7 Å². The van der Waals surface area contributed by atoms with Gasteiger partial charge in [-0.15, -0.1) is 0 Å². The topological polar surface area (TPSA) is 75.6 Å². The van der Waals surface area contributed by atoms with E-state index in [2.05, 4.69) is 5.32 Å². The molecule has 0 heterocycles. The summed E-state index contributed by atoms with van der Waals surface area (Å²) in [6.07, 6.45) is 1.16. The largest absolute Gasteiger partial charge is 0.507 e. The molecule has 136 valence electrons. The summed E-state index contributed by atoms with van der Waals surface area (Å²) in [7, 11) is 0. The van der Waals surface area contributed by atoms with Gasteiger partial charge >= 0.3 is 5.97 Å². The molecule has 2 N–H and O–H groups in total. The Morgan fingerprint density at radius 1 is 1.04 bits per heavy atom. The van der Waals surface area contributed by atoms with E-state index in [0.717, 1.165) is 11.6 Å². The van der Waals surface area contributed by atoms with Crippen LogP contribution >= 0.6 is 0 Å². The van der Waals surface area contributed by atoms with Crippen molar-refractivity contribution in [3.8, 4) is 5.75 Å². The SMILES string of the molecule is CC(C)(C)OC(=O)C(=CC(=O)c1ccccc1O)NCc1ccccc1. The summed E-state index contributed by atoms with van der Waals surface area (Å²) in [5.41, 5.74) is 0.423. The van der Waals surface area contributed by atoms with E-state index >= 15 is 0 Å². The fourth-order valence-electron chi connectivity index (χ4n) is 2.20. The number of rotatable bonds is 6. The van der Waals surface area contributed by atoms with Gasteiger partial charge in [0.15, 0.2) is 5.78 Å². The van der Waals surface area contributed by atoms with Gasteiger partial charge in [0.2, 0.25) is 0 Å². The van der Waals surface area contributed by atoms with E-state index < -0.39 is 17.4 Å². The summed E-state index contributed by atoms with van der Waals surface area (Å²) in [5, 5.41) is 12.8. The van der Waals surface area contributed by atoms with Crippen LogP contribution in [-0.2, 0) is 16.1 Å². The van der Waals surface area contributed by atoms with Crippen LogP contribution in [-0.4, -0.2) is 22.5 Å². The van der Waals surface area contributed by atoms with Crippen LogP contribution in [0.4, 0.5) is 0 Å². The van der Waals surface area contributed by atoms with E-state index in [1.807, 2.05) is 30.3 Å². The molecule has 0 aromatic heterocycles. The zero-order valence-corrected chi connectivity index (χ0v) is 15.2. The van der Waals surface area contributed by atoms with Gasteiger partial charge in [-0.3, -0.25) is 4.79 Å². The molecule has 0 fully saturated rings. The van der Waals surface area contributed by atoms with Crippen molar-refractivity contribution in [2.24, 2.45) is 0 Å². The second-order valence-electron chi connectivity index (χ2n) is 6.78. The first-order chi connectivity index (χ1) is 12.3. The van der Waals surface area contributed by atoms with Crippen LogP contribution in [0.3, 0.4) is 0 Å². The van der Waals surface area contributed by atoms with Gasteiger partial charge in [0, 0.05) is 12.6 Å². The number of phenolic OH excluding ortho intramolecular Hbond substituents is 1. The fraction of sp³-hybridized carbons (Fsp3) is 0.238. The maximum atomic E-state index is 12.5. The third-order valence-electron chi connectivity index (χ3n) is 3.39. The zero-order chi connectivity index (χ0) is 19.2. The number of esters is 1. The van der Waals surface area contributed by atoms with Gasteiger partial charge in [-0.1, -0.05) is 42.5 Å². The highest BCUT2D eigenvalue weighted by molar-refractivity contribution is 6.09. The number of carbonyl (C=O) groups excluding carboxylic acids is 2. The van der Waals surface area contributed by atoms with Gasteiger partial charge in [-0.25, -0.2) is 4.79 Å². The lowest BCUT2D eigenvalue weighted by atomic mass is 10.1. The van der Waals surface area contributed by atoms with E-state index in [-0.39, 0.29) is 17.0 Å². The highest BCUT2D eigenvalue weighted by atomic mass is 16.6. The first kappa shape index (κ1) is 19.2. The van der Waals surface area contributed by atoms with Crippen LogP contribution in [0.5, 0.6) is 5.75 Å². The van der Waals surface area contributed by atoms with Crippen molar-refractivity contribution in [2.75, 3.05) is 0 Å². The first-order valence-electron chi connectivity index (χ1n) is 8.31. The first-order valence-corrected chi connectivity index (χ1v) is 8.31. The van der Waals surface area contributed by atoms with E-state index in [9.17, 15) is 14.7 Å². The van der Waals surface area contributed by atoms with Gasteiger partial charge in [0.25, 0.3) is 0 Å². The number of ketones is 1. The molecule has 2 aromatic carbocycles. The quantitative estimate of drug-likeness (QED) is 0.471. The van der Waals surface area contributed by atoms with Crippen molar-refractivity contribution < 1.29 is 19.4 Å². The molecular formula is C21H23NO4. The standard InChI is InChI=1S/C21H23NO4/c1-21(2,3)26-20(25)17(22-14-15-9-5-4-6-10-15)13-19(24)16-11-7-8-12-18(16)23/h4-13,22-23H,14H2,1-3H3. The number of allylic oxidation sites excluding steroid dienone is 1. The molecule has 0 saturated carbocycles. The molecule has 0 spiro atoms. The minimum Gasteiger partial charge on any atom is -0.507 e. The number of nitrogens with one attached hydrogen (secondary N) is 1. The second kappa shape index (κ2) is 8.34. The monoisotopic (exact) mass is 353 g/mol. The van der Waals surface area contributed by atoms with Gasteiger partial charge in [-0.05, 0) is 38.5 Å². The third kappa shape index (κ3) is 5.77. The molecule has 0 bridgehead atoms. The highest BCUT2D eigenvalue weighted by Gasteiger charge is 2.21. The van der Waals surface area contributed by atoms with Crippen LogP contribution in [0, 0.1) is 0 Å². The van der Waals surface area contributed by atoms with E-state index in [1.165, 1.54) is 12.1 Å². The smallest absolute Gasteiger partial charge is 0.355 e. The van der Waals surface area contributed by atoms with Crippen LogP contribution in [0.15, 0.2) is 66.4 Å². The van der Waals surface area contributed by atoms with E-state index in [1.54, 1.807) is 32.9 Å². The van der Waals surface area contributed by atoms with Crippen molar-refractivity contribution in [3.63, 3.8) is 0 Å². The summed E-state index contributed by atoms with van der Waals surface area (Å²) in [6.45, 7) is 5.62. The number of carbonyl (C=O) groups is 2. The highest BCUT2D eigenvalue weighted by Crippen LogP contribution is 2.18. The van der Waals surface area contributed by atoms with Gasteiger partial charge < -0.3 is 15.2 Å². The molecule has 0 amide bonds.